The molecule has 4 heterocycles. The summed E-state index contributed by atoms with van der Waals surface area (Å²) in [7, 11) is 7.63. The molecule has 4 aliphatic heterocycles. The Morgan fingerprint density at radius 2 is 1.16 bits per heavy atom. The highest BCUT2D eigenvalue weighted by Crippen LogP contribution is 2.49. The van der Waals surface area contributed by atoms with E-state index < -0.39 is 46.9 Å². The van der Waals surface area contributed by atoms with Crippen molar-refractivity contribution in [1.29, 1.82) is 0 Å². The molecule has 62 heavy (non-hydrogen) atoms. The predicted octanol–water partition coefficient (Wildman–Crippen LogP) is 2.16. The van der Waals surface area contributed by atoms with Crippen molar-refractivity contribution in [1.82, 2.24) is 14.7 Å². The molecule has 0 bridgehead atoms. The average Bonchev–Trinajstić information content (AvgIpc) is 3.75. The van der Waals surface area contributed by atoms with Crippen molar-refractivity contribution in [3.05, 3.63) is 82.6 Å². The largest absolute Gasteiger partial charge is 0.871 e. The summed E-state index contributed by atoms with van der Waals surface area (Å²) in [6.45, 7) is 3.96. The molecule has 2 fully saturated rings. The number of Topliss-reactive ketones (excluding diaryl/α,β-unsaturated/α-hetero) is 1. The van der Waals surface area contributed by atoms with Crippen LogP contribution in [-0.2, 0) is 43.2 Å². The summed E-state index contributed by atoms with van der Waals surface area (Å²) in [5, 5.41) is 19.9. The molecular formula is C46H44N6O10. The second-order valence-corrected chi connectivity index (χ2v) is 16.8. The van der Waals surface area contributed by atoms with E-state index in [4.69, 9.17) is 9.68 Å². The van der Waals surface area contributed by atoms with Crippen LogP contribution in [0.3, 0.4) is 0 Å². The quantitative estimate of drug-likeness (QED) is 0.177. The Morgan fingerprint density at radius 3 is 1.73 bits per heavy atom. The van der Waals surface area contributed by atoms with Gasteiger partial charge in [0, 0.05) is 94.1 Å². The van der Waals surface area contributed by atoms with E-state index in [2.05, 4.69) is 0 Å². The number of carbonyl (C=O) groups is 7. The zero-order chi connectivity index (χ0) is 44.2. The maximum Gasteiger partial charge on any atom is 0.333 e. The van der Waals surface area contributed by atoms with Crippen LogP contribution in [0, 0.1) is 0 Å². The maximum atomic E-state index is 14.3. The Labute approximate surface area is 355 Å². The number of ketones is 1. The molecule has 16 heteroatoms. The van der Waals surface area contributed by atoms with Gasteiger partial charge in [0.1, 0.15) is 12.7 Å². The molecule has 9 rings (SSSR count). The number of imide groups is 2. The number of anilines is 3. The highest BCUT2D eigenvalue weighted by molar-refractivity contribution is 6.52. The van der Waals surface area contributed by atoms with E-state index in [1.165, 1.54) is 0 Å². The van der Waals surface area contributed by atoms with E-state index in [9.17, 15) is 38.7 Å². The molecular weight excluding hydrogens is 797 g/mol. The number of nitrogens with zero attached hydrogens (tertiary/aromatic N) is 6. The minimum Gasteiger partial charge on any atom is -0.871 e. The second-order valence-electron chi connectivity index (χ2n) is 16.8. The summed E-state index contributed by atoms with van der Waals surface area (Å²) in [6, 6.07) is 18.8. The second kappa shape index (κ2) is 14.2. The summed E-state index contributed by atoms with van der Waals surface area (Å²) in [5.41, 5.74) is 1.74. The highest BCUT2D eigenvalue weighted by atomic mass is 16.7. The fourth-order valence-electron chi connectivity index (χ4n) is 9.62. The molecule has 0 radical (unpaired) electrons. The van der Waals surface area contributed by atoms with Gasteiger partial charge in [0.25, 0.3) is 23.6 Å². The lowest BCUT2D eigenvalue weighted by atomic mass is 9.79. The number of hydrogen-bond donors (Lipinski definition) is 0. The van der Waals surface area contributed by atoms with Crippen molar-refractivity contribution in [2.45, 2.75) is 76.5 Å². The number of allylic oxidation sites excluding steroid dienone is 2. The fraction of sp³-hybridized carbons (Fsp3) is 0.348. The van der Waals surface area contributed by atoms with Gasteiger partial charge in [-0.15, -0.1) is 10.1 Å². The van der Waals surface area contributed by atoms with Crippen molar-refractivity contribution in [3.8, 4) is 0 Å². The Kier molecular flexibility index (Phi) is 9.26. The fourth-order valence-corrected chi connectivity index (χ4v) is 9.62. The first-order chi connectivity index (χ1) is 29.5. The molecule has 16 nitrogen and oxygen atoms in total. The Bertz CT molecular complexity index is 2890. The molecule has 1 aliphatic carbocycles. The standard InChI is InChI=1S/C46H44N6O10/c1-45(23-21-37(57)61-51-33(53)17-18-34(51)54)47(3)29-11-7-9-25-27(13-15-31(39(25)29)49(45)5)41-43(59)42(44(41)60)28-14-16-32-40-26(28)10-8-12-30(40)48(4)46(2,50(32)6)24-22-38(58)62-52-35(55)19-20-36(52)56/h7-16H,17-24H2,1-6H3. The van der Waals surface area contributed by atoms with Crippen LogP contribution >= 0.6 is 0 Å². The first-order valence-electron chi connectivity index (χ1n) is 20.5. The predicted molar refractivity (Wildman–Crippen MR) is 224 cm³/mol. The van der Waals surface area contributed by atoms with Gasteiger partial charge < -0.3 is 29.5 Å². The molecule has 2 unspecified atom stereocenters. The molecule has 2 atom stereocenters. The van der Waals surface area contributed by atoms with Crippen molar-refractivity contribution in [2.75, 3.05) is 42.9 Å². The first-order valence-corrected chi connectivity index (χ1v) is 20.5. The van der Waals surface area contributed by atoms with E-state index in [0.717, 1.165) is 44.0 Å². The number of hydrogen-bond acceptors (Lipinski definition) is 13. The molecule has 4 aromatic carbocycles. The minimum atomic E-state index is -0.742. The van der Waals surface area contributed by atoms with E-state index in [1.54, 1.807) is 12.1 Å². The Balaban J connectivity index is 1.04. The van der Waals surface area contributed by atoms with Gasteiger partial charge in [0.05, 0.1) is 23.9 Å². The van der Waals surface area contributed by atoms with Crippen molar-refractivity contribution in [2.24, 2.45) is 0 Å². The summed E-state index contributed by atoms with van der Waals surface area (Å²) in [6.07, 6.45) is 0.477. The monoisotopic (exact) mass is 840 g/mol. The molecule has 2 saturated heterocycles. The molecule has 4 amide bonds. The molecule has 0 N–H and O–H groups in total. The molecule has 0 aromatic heterocycles. The van der Waals surface area contributed by atoms with Gasteiger partial charge in [0.15, 0.2) is 5.78 Å². The Hall–Kier alpha value is -7.10. The molecule has 4 aromatic rings. The van der Waals surface area contributed by atoms with Crippen LogP contribution in [0.4, 0.5) is 17.1 Å². The average molecular weight is 841 g/mol. The van der Waals surface area contributed by atoms with Crippen LogP contribution in [0.1, 0.15) is 70.8 Å². The van der Waals surface area contributed by atoms with E-state index in [1.807, 2.05) is 110 Å². The number of amides is 4. The van der Waals surface area contributed by atoms with Gasteiger partial charge in [-0.05, 0) is 59.2 Å². The Morgan fingerprint density at radius 1 is 0.645 bits per heavy atom. The maximum absolute atomic E-state index is 14.3. The lowest BCUT2D eigenvalue weighted by Gasteiger charge is -2.52. The normalized spacial score (nSPS) is 23.1. The SMILES string of the molecule is CN1c2cccc3c(C4=C([O-])C(=c5ccc6c7c(cccc57)N(C)C(C)(CCC(=O)ON5C(=O)CCC5=O)[N+]=6C)C4=O)ccc(c23)N(C)C1(C)CCC(=O)ON1C(=O)CCC1=O. The lowest BCUT2D eigenvalue weighted by Crippen LogP contribution is -2.60. The van der Waals surface area contributed by atoms with Gasteiger partial charge in [-0.1, -0.05) is 36.1 Å². The highest BCUT2D eigenvalue weighted by Gasteiger charge is 2.45. The van der Waals surface area contributed by atoms with Gasteiger partial charge >= 0.3 is 11.9 Å². The molecule has 0 saturated carbocycles. The minimum absolute atomic E-state index is 0.00997. The molecule has 0 spiro atoms. The molecule has 5 aliphatic rings. The summed E-state index contributed by atoms with van der Waals surface area (Å²) < 4.78 is 2.04. The zero-order valence-corrected chi connectivity index (χ0v) is 35.2. The summed E-state index contributed by atoms with van der Waals surface area (Å²) in [4.78, 5) is 105. The van der Waals surface area contributed by atoms with E-state index in [-0.39, 0.29) is 61.2 Å². The van der Waals surface area contributed by atoms with E-state index in [0.29, 0.717) is 33.8 Å². The van der Waals surface area contributed by atoms with E-state index >= 15 is 0 Å². The van der Waals surface area contributed by atoms with Crippen LogP contribution in [0.25, 0.3) is 32.7 Å². The summed E-state index contributed by atoms with van der Waals surface area (Å²) >= 11 is 0. The smallest absolute Gasteiger partial charge is 0.333 e. The van der Waals surface area contributed by atoms with Crippen LogP contribution in [-0.4, -0.2) is 91.0 Å². The van der Waals surface area contributed by atoms with Crippen molar-refractivity contribution < 1.29 is 48.3 Å². The number of rotatable bonds is 9. The van der Waals surface area contributed by atoms with Crippen LogP contribution in [0.5, 0.6) is 0 Å². The van der Waals surface area contributed by atoms with Crippen molar-refractivity contribution in [3.63, 3.8) is 0 Å². The third-order valence-electron chi connectivity index (χ3n) is 13.8. The van der Waals surface area contributed by atoms with Crippen LogP contribution < -0.4 is 35.0 Å². The van der Waals surface area contributed by atoms with Gasteiger partial charge in [-0.3, -0.25) is 24.0 Å². The summed E-state index contributed by atoms with van der Waals surface area (Å²) in [5.74, 6) is -4.25. The third kappa shape index (κ3) is 5.79. The van der Waals surface area contributed by atoms with Crippen LogP contribution in [0.15, 0.2) is 66.4 Å². The van der Waals surface area contributed by atoms with Gasteiger partial charge in [-0.25, -0.2) is 14.2 Å². The lowest BCUT2D eigenvalue weighted by molar-refractivity contribution is -0.292. The topological polar surface area (TPSA) is 180 Å². The number of carbonyl (C=O) groups excluding carboxylic acids is 7. The van der Waals surface area contributed by atoms with Crippen molar-refractivity contribution >= 4 is 91.1 Å². The first kappa shape index (κ1) is 40.3. The molecule has 318 valence electrons. The van der Waals surface area contributed by atoms with Crippen LogP contribution in [0.2, 0.25) is 0 Å². The number of hydroxylamine groups is 4. The van der Waals surface area contributed by atoms with Gasteiger partial charge in [-0.2, -0.15) is 0 Å². The number of benzene rings is 4. The zero-order valence-electron chi connectivity index (χ0n) is 35.2. The van der Waals surface area contributed by atoms with Gasteiger partial charge in [0.2, 0.25) is 11.0 Å². The third-order valence-corrected chi connectivity index (χ3v) is 13.8.